The summed E-state index contributed by atoms with van der Waals surface area (Å²) in [6.07, 6.45) is 3.97. The van der Waals surface area contributed by atoms with Crippen molar-refractivity contribution in [1.29, 1.82) is 0 Å². The number of hydrogen-bond donors (Lipinski definition) is 1. The van der Waals surface area contributed by atoms with Gasteiger partial charge in [0.05, 0.1) is 0 Å². The van der Waals surface area contributed by atoms with E-state index in [9.17, 15) is 9.90 Å². The van der Waals surface area contributed by atoms with Crippen molar-refractivity contribution in [3.05, 3.63) is 105 Å². The van der Waals surface area contributed by atoms with Gasteiger partial charge in [-0.25, -0.2) is 9.97 Å². The SMILES string of the molecule is C.CCOCC.O=C(Cc1ccccc1)c1nccs1.O[C@H](Cc1ccccc1)c1nccs1. The van der Waals surface area contributed by atoms with Gasteiger partial charge in [-0.1, -0.05) is 68.1 Å². The number of thiazole rings is 2. The lowest BCUT2D eigenvalue weighted by molar-refractivity contribution is 0.0992. The summed E-state index contributed by atoms with van der Waals surface area (Å²) >= 11 is 2.88. The molecule has 0 unspecified atom stereocenters. The molecule has 7 heteroatoms. The zero-order valence-corrected chi connectivity index (χ0v) is 20.6. The summed E-state index contributed by atoms with van der Waals surface area (Å²) in [5, 5.41) is 14.9. The molecular formula is C27H34N2O3S2. The summed E-state index contributed by atoms with van der Waals surface area (Å²) in [5.74, 6) is 0.0891. The summed E-state index contributed by atoms with van der Waals surface area (Å²) in [4.78, 5) is 19.7. The van der Waals surface area contributed by atoms with E-state index >= 15 is 0 Å². The number of rotatable bonds is 8. The number of hydrogen-bond acceptors (Lipinski definition) is 7. The molecule has 34 heavy (non-hydrogen) atoms. The van der Waals surface area contributed by atoms with Crippen LogP contribution in [0.15, 0.2) is 83.8 Å². The molecule has 0 saturated carbocycles. The highest BCUT2D eigenvalue weighted by atomic mass is 32.1. The van der Waals surface area contributed by atoms with Crippen LogP contribution in [0.5, 0.6) is 0 Å². The largest absolute Gasteiger partial charge is 0.386 e. The van der Waals surface area contributed by atoms with Gasteiger partial charge in [0.1, 0.15) is 11.1 Å². The molecule has 4 rings (SSSR count). The fraction of sp³-hybridized carbons (Fsp3) is 0.296. The monoisotopic (exact) mass is 498 g/mol. The van der Waals surface area contributed by atoms with Gasteiger partial charge < -0.3 is 9.84 Å². The van der Waals surface area contributed by atoms with Crippen LogP contribution >= 0.6 is 22.7 Å². The summed E-state index contributed by atoms with van der Waals surface area (Å²) in [7, 11) is 0. The fourth-order valence-electron chi connectivity index (χ4n) is 2.75. The second-order valence-electron chi connectivity index (χ2n) is 6.78. The van der Waals surface area contributed by atoms with Crippen LogP contribution < -0.4 is 0 Å². The van der Waals surface area contributed by atoms with Gasteiger partial charge in [0.25, 0.3) is 0 Å². The molecule has 0 aliphatic rings. The molecule has 0 aliphatic heterocycles. The Bertz CT molecular complexity index is 991. The quantitative estimate of drug-likeness (QED) is 0.275. The molecule has 0 bridgehead atoms. The Morgan fingerprint density at radius 3 is 1.91 bits per heavy atom. The summed E-state index contributed by atoms with van der Waals surface area (Å²) < 4.78 is 4.83. The minimum atomic E-state index is -0.475. The number of ketones is 1. The second kappa shape index (κ2) is 17.7. The maximum atomic E-state index is 11.6. The van der Waals surface area contributed by atoms with Gasteiger partial charge in [0, 0.05) is 49.2 Å². The molecule has 0 radical (unpaired) electrons. The molecule has 1 atom stereocenters. The van der Waals surface area contributed by atoms with E-state index in [-0.39, 0.29) is 13.2 Å². The molecule has 0 amide bonds. The van der Waals surface area contributed by atoms with E-state index < -0.39 is 6.10 Å². The Labute approximate surface area is 211 Å². The zero-order valence-electron chi connectivity index (χ0n) is 19.0. The minimum absolute atomic E-state index is 0. The number of carbonyl (C=O) groups excluding carboxylic acids is 1. The van der Waals surface area contributed by atoms with E-state index in [1.165, 1.54) is 22.7 Å². The highest BCUT2D eigenvalue weighted by molar-refractivity contribution is 7.11. The summed E-state index contributed by atoms with van der Waals surface area (Å²) in [6.45, 7) is 5.67. The molecule has 0 aliphatic carbocycles. The van der Waals surface area contributed by atoms with E-state index in [1.54, 1.807) is 12.4 Å². The van der Waals surface area contributed by atoms with Crippen molar-refractivity contribution in [2.75, 3.05) is 13.2 Å². The highest BCUT2D eigenvalue weighted by Crippen LogP contribution is 2.19. The first kappa shape index (κ1) is 29.3. The van der Waals surface area contributed by atoms with Crippen LogP contribution in [0.2, 0.25) is 0 Å². The van der Waals surface area contributed by atoms with E-state index in [1.807, 2.05) is 85.3 Å². The maximum absolute atomic E-state index is 11.6. The van der Waals surface area contributed by atoms with Gasteiger partial charge in [-0.2, -0.15) is 0 Å². The lowest BCUT2D eigenvalue weighted by atomic mass is 10.1. The number of nitrogens with zero attached hydrogens (tertiary/aromatic N) is 2. The normalized spacial score (nSPS) is 10.6. The number of Topliss-reactive ketones (excluding diaryl/α,β-unsaturated/α-hetero) is 1. The Morgan fingerprint density at radius 2 is 1.44 bits per heavy atom. The molecule has 0 spiro atoms. The third kappa shape index (κ3) is 11.4. The number of aromatic nitrogens is 2. The van der Waals surface area contributed by atoms with Crippen LogP contribution in [-0.4, -0.2) is 34.1 Å². The second-order valence-corrected chi connectivity index (χ2v) is 8.60. The van der Waals surface area contributed by atoms with Crippen LogP contribution in [0.25, 0.3) is 0 Å². The van der Waals surface area contributed by atoms with Crippen LogP contribution in [0.3, 0.4) is 0 Å². The Balaban J connectivity index is 0.000000278. The lowest BCUT2D eigenvalue weighted by Gasteiger charge is -2.06. The summed E-state index contributed by atoms with van der Waals surface area (Å²) in [6, 6.07) is 19.7. The Kier molecular flexibility index (Phi) is 15.3. The van der Waals surface area contributed by atoms with Gasteiger partial charge in [-0.3, -0.25) is 4.79 Å². The smallest absolute Gasteiger partial charge is 0.195 e. The van der Waals surface area contributed by atoms with Gasteiger partial charge in [-0.05, 0) is 25.0 Å². The number of aliphatic hydroxyl groups is 1. The van der Waals surface area contributed by atoms with Crippen LogP contribution in [0.4, 0.5) is 0 Å². The predicted octanol–water partition coefficient (Wildman–Crippen LogP) is 6.67. The van der Waals surface area contributed by atoms with Gasteiger partial charge in [0.2, 0.25) is 0 Å². The van der Waals surface area contributed by atoms with Crippen LogP contribution in [0.1, 0.15) is 53.3 Å². The zero-order chi connectivity index (χ0) is 23.7. The molecule has 4 aromatic rings. The van der Waals surface area contributed by atoms with Crippen molar-refractivity contribution in [2.45, 2.75) is 40.2 Å². The number of ether oxygens (including phenoxy) is 1. The fourth-order valence-corrected chi connectivity index (χ4v) is 3.95. The molecule has 1 N–H and O–H groups in total. The van der Waals surface area contributed by atoms with Gasteiger partial charge >= 0.3 is 0 Å². The van der Waals surface area contributed by atoms with E-state index in [4.69, 9.17) is 4.74 Å². The first-order valence-corrected chi connectivity index (χ1v) is 12.6. The summed E-state index contributed by atoms with van der Waals surface area (Å²) in [5.41, 5.74) is 2.17. The first-order valence-electron chi connectivity index (χ1n) is 10.8. The van der Waals surface area contributed by atoms with Crippen molar-refractivity contribution in [1.82, 2.24) is 9.97 Å². The molecule has 2 aromatic carbocycles. The molecule has 2 aromatic heterocycles. The average molecular weight is 499 g/mol. The molecule has 0 saturated heterocycles. The molecule has 5 nitrogen and oxygen atoms in total. The topological polar surface area (TPSA) is 72.3 Å². The number of benzene rings is 2. The lowest BCUT2D eigenvalue weighted by Crippen LogP contribution is -2.02. The predicted molar refractivity (Wildman–Crippen MR) is 143 cm³/mol. The first-order chi connectivity index (χ1) is 16.1. The van der Waals surface area contributed by atoms with E-state index in [0.29, 0.717) is 17.8 Å². The number of carbonyl (C=O) groups is 1. The average Bonchev–Trinajstić information content (AvgIpc) is 3.57. The van der Waals surface area contributed by atoms with Gasteiger partial charge in [0.15, 0.2) is 10.8 Å². The maximum Gasteiger partial charge on any atom is 0.195 e. The van der Waals surface area contributed by atoms with E-state index in [2.05, 4.69) is 9.97 Å². The molecule has 182 valence electrons. The molecule has 0 fully saturated rings. The van der Waals surface area contributed by atoms with Gasteiger partial charge in [-0.15, -0.1) is 22.7 Å². The molecular weight excluding hydrogens is 464 g/mol. The Hall–Kier alpha value is -2.71. The third-order valence-electron chi connectivity index (χ3n) is 4.29. The minimum Gasteiger partial charge on any atom is -0.386 e. The van der Waals surface area contributed by atoms with Crippen LogP contribution in [0, 0.1) is 0 Å². The van der Waals surface area contributed by atoms with Crippen molar-refractivity contribution in [2.24, 2.45) is 0 Å². The molecule has 2 heterocycles. The van der Waals surface area contributed by atoms with Crippen molar-refractivity contribution in [3.63, 3.8) is 0 Å². The van der Waals surface area contributed by atoms with Crippen molar-refractivity contribution >= 4 is 28.5 Å². The van der Waals surface area contributed by atoms with Crippen molar-refractivity contribution in [3.8, 4) is 0 Å². The standard InChI is InChI=1S/C11H11NOS.C11H9NOS.C4H10O.CH4/c2*13-10(11-12-6-7-14-11)8-9-4-2-1-3-5-9;1-3-5-4-2;/h1-7,10,13H,8H2;1-7H,8H2;3-4H2,1-2H3;1H4/t10-;;;/m1.../s1. The third-order valence-corrected chi connectivity index (χ3v) is 5.99. The number of aliphatic hydroxyl groups excluding tert-OH is 1. The van der Waals surface area contributed by atoms with E-state index in [0.717, 1.165) is 29.3 Å². The Morgan fingerprint density at radius 1 is 0.882 bits per heavy atom. The highest BCUT2D eigenvalue weighted by Gasteiger charge is 2.10. The van der Waals surface area contributed by atoms with Crippen LogP contribution in [-0.2, 0) is 17.6 Å². The van der Waals surface area contributed by atoms with Crippen molar-refractivity contribution < 1.29 is 14.6 Å².